The molecular weight excluding hydrogens is 419 g/mol. The maximum Gasteiger partial charge on any atom is 0.194 e. The van der Waals surface area contributed by atoms with E-state index in [1.165, 1.54) is 16.0 Å². The number of thiazole rings is 1. The lowest BCUT2D eigenvalue weighted by Crippen LogP contribution is -2.38. The highest BCUT2D eigenvalue weighted by Crippen LogP contribution is 2.16. The van der Waals surface area contributed by atoms with Crippen LogP contribution < -0.4 is 5.32 Å². The second-order valence-corrected chi connectivity index (χ2v) is 6.78. The number of aliphatic imine (C=N–C) groups is 1. The van der Waals surface area contributed by atoms with E-state index in [0.717, 1.165) is 23.2 Å². The van der Waals surface area contributed by atoms with Gasteiger partial charge in [-0.3, -0.25) is 4.99 Å². The van der Waals surface area contributed by atoms with Crippen LogP contribution in [0.1, 0.15) is 26.7 Å². The number of nitrogens with one attached hydrogen (secondary N) is 1. The zero-order valence-electron chi connectivity index (χ0n) is 14.4. The van der Waals surface area contributed by atoms with Gasteiger partial charge in [0, 0.05) is 25.5 Å². The lowest BCUT2D eigenvalue weighted by Gasteiger charge is -2.22. The van der Waals surface area contributed by atoms with Gasteiger partial charge < -0.3 is 10.2 Å². The van der Waals surface area contributed by atoms with Crippen LogP contribution in [0.4, 0.5) is 0 Å². The van der Waals surface area contributed by atoms with Crippen molar-refractivity contribution in [3.63, 3.8) is 0 Å². The van der Waals surface area contributed by atoms with Crippen molar-refractivity contribution < 1.29 is 0 Å². The molecule has 0 atom stereocenters. The Bertz CT molecular complexity index is 630. The summed E-state index contributed by atoms with van der Waals surface area (Å²) < 4.78 is 0. The highest BCUT2D eigenvalue weighted by Gasteiger charge is 2.09. The Kier molecular flexibility index (Phi) is 7.98. The van der Waals surface area contributed by atoms with E-state index in [0.29, 0.717) is 6.54 Å². The predicted molar refractivity (Wildman–Crippen MR) is 110 cm³/mol. The molecule has 4 nitrogen and oxygen atoms in total. The second-order valence-electron chi connectivity index (χ2n) is 5.49. The summed E-state index contributed by atoms with van der Waals surface area (Å²) >= 11 is 1.74. The standard InChI is InChI=1S/C17H24N4S.HI/c1-12-6-8-15(9-7-12)11-21(5)17(18-4)19-10-16-20-13(2)14(3)22-16;/h6-9H,10-11H2,1-5H3,(H,18,19);1H. The average molecular weight is 444 g/mol. The zero-order valence-corrected chi connectivity index (χ0v) is 17.5. The molecule has 0 radical (unpaired) electrons. The first-order valence-corrected chi connectivity index (χ1v) is 8.21. The summed E-state index contributed by atoms with van der Waals surface area (Å²) in [6, 6.07) is 8.60. The van der Waals surface area contributed by atoms with Gasteiger partial charge in [-0.15, -0.1) is 35.3 Å². The summed E-state index contributed by atoms with van der Waals surface area (Å²) in [5.74, 6) is 0.881. The van der Waals surface area contributed by atoms with Crippen molar-refractivity contribution in [2.24, 2.45) is 4.99 Å². The predicted octanol–water partition coefficient (Wildman–Crippen LogP) is 3.89. The van der Waals surface area contributed by atoms with Crippen molar-refractivity contribution in [1.29, 1.82) is 0 Å². The molecular formula is C17H25IN4S. The summed E-state index contributed by atoms with van der Waals surface area (Å²) in [6.07, 6.45) is 0. The minimum atomic E-state index is 0. The molecule has 0 unspecified atom stereocenters. The number of guanidine groups is 1. The number of benzene rings is 1. The molecule has 0 amide bonds. The van der Waals surface area contributed by atoms with Gasteiger partial charge in [0.05, 0.1) is 12.2 Å². The second kappa shape index (κ2) is 9.22. The Balaban J connectivity index is 0.00000264. The number of aromatic nitrogens is 1. The van der Waals surface area contributed by atoms with Gasteiger partial charge in [0.15, 0.2) is 5.96 Å². The normalized spacial score (nSPS) is 11.1. The van der Waals surface area contributed by atoms with Crippen molar-refractivity contribution in [2.45, 2.75) is 33.9 Å². The van der Waals surface area contributed by atoms with E-state index in [-0.39, 0.29) is 24.0 Å². The van der Waals surface area contributed by atoms with E-state index in [1.807, 2.05) is 21.0 Å². The van der Waals surface area contributed by atoms with E-state index < -0.39 is 0 Å². The van der Waals surface area contributed by atoms with Crippen molar-refractivity contribution in [3.8, 4) is 0 Å². The van der Waals surface area contributed by atoms with Crippen LogP contribution in [0, 0.1) is 20.8 Å². The third-order valence-electron chi connectivity index (χ3n) is 3.58. The van der Waals surface area contributed by atoms with Gasteiger partial charge in [0.2, 0.25) is 0 Å². The van der Waals surface area contributed by atoms with E-state index >= 15 is 0 Å². The topological polar surface area (TPSA) is 40.5 Å². The molecule has 2 aromatic rings. The fraction of sp³-hybridized carbons (Fsp3) is 0.412. The van der Waals surface area contributed by atoms with Gasteiger partial charge in [-0.25, -0.2) is 4.98 Å². The molecule has 23 heavy (non-hydrogen) atoms. The van der Waals surface area contributed by atoms with Gasteiger partial charge in [-0.05, 0) is 26.3 Å². The van der Waals surface area contributed by atoms with E-state index in [2.05, 4.69) is 58.3 Å². The Morgan fingerprint density at radius 1 is 1.22 bits per heavy atom. The monoisotopic (exact) mass is 444 g/mol. The first-order chi connectivity index (χ1) is 10.5. The number of hydrogen-bond donors (Lipinski definition) is 1. The van der Waals surface area contributed by atoms with Crippen LogP contribution in [0.2, 0.25) is 0 Å². The minimum absolute atomic E-state index is 0. The number of halogens is 1. The van der Waals surface area contributed by atoms with Crippen molar-refractivity contribution in [3.05, 3.63) is 51.0 Å². The summed E-state index contributed by atoms with van der Waals surface area (Å²) in [6.45, 7) is 7.80. The number of aryl methyl sites for hydroxylation is 3. The number of nitrogens with zero attached hydrogens (tertiary/aromatic N) is 3. The highest BCUT2D eigenvalue weighted by molar-refractivity contribution is 14.0. The Morgan fingerprint density at radius 2 is 1.87 bits per heavy atom. The first-order valence-electron chi connectivity index (χ1n) is 7.40. The summed E-state index contributed by atoms with van der Waals surface area (Å²) in [5.41, 5.74) is 3.67. The molecule has 1 aromatic carbocycles. The van der Waals surface area contributed by atoms with E-state index in [1.54, 1.807) is 11.3 Å². The van der Waals surface area contributed by atoms with Crippen LogP contribution in [-0.2, 0) is 13.1 Å². The van der Waals surface area contributed by atoms with Gasteiger partial charge in [-0.1, -0.05) is 29.8 Å². The molecule has 0 saturated carbocycles. The molecule has 0 saturated heterocycles. The molecule has 0 spiro atoms. The lowest BCUT2D eigenvalue weighted by atomic mass is 10.1. The molecule has 1 N–H and O–H groups in total. The Labute approximate surface area is 160 Å². The van der Waals surface area contributed by atoms with Crippen molar-refractivity contribution in [1.82, 2.24) is 15.2 Å². The van der Waals surface area contributed by atoms with Gasteiger partial charge >= 0.3 is 0 Å². The average Bonchev–Trinajstić information content (AvgIpc) is 2.81. The summed E-state index contributed by atoms with van der Waals surface area (Å²) in [4.78, 5) is 12.3. The number of rotatable bonds is 4. The third-order valence-corrected chi connectivity index (χ3v) is 4.66. The molecule has 0 aliphatic rings. The van der Waals surface area contributed by atoms with Gasteiger partial charge in [0.25, 0.3) is 0 Å². The van der Waals surface area contributed by atoms with Crippen molar-refractivity contribution in [2.75, 3.05) is 14.1 Å². The van der Waals surface area contributed by atoms with E-state index in [4.69, 9.17) is 0 Å². The van der Waals surface area contributed by atoms with Crippen LogP contribution >= 0.6 is 35.3 Å². The molecule has 1 heterocycles. The van der Waals surface area contributed by atoms with Crippen molar-refractivity contribution >= 4 is 41.3 Å². The van der Waals surface area contributed by atoms with Crippen LogP contribution in [0.25, 0.3) is 0 Å². The third kappa shape index (κ3) is 5.76. The van der Waals surface area contributed by atoms with Gasteiger partial charge in [-0.2, -0.15) is 0 Å². The summed E-state index contributed by atoms with van der Waals surface area (Å²) in [7, 11) is 3.86. The fourth-order valence-corrected chi connectivity index (χ4v) is 3.07. The minimum Gasteiger partial charge on any atom is -0.350 e. The largest absolute Gasteiger partial charge is 0.350 e. The smallest absolute Gasteiger partial charge is 0.194 e. The molecule has 1 aromatic heterocycles. The highest BCUT2D eigenvalue weighted by atomic mass is 127. The van der Waals surface area contributed by atoms with Crippen LogP contribution in [0.3, 0.4) is 0 Å². The Morgan fingerprint density at radius 3 is 2.39 bits per heavy atom. The molecule has 6 heteroatoms. The molecule has 2 rings (SSSR count). The molecule has 0 aliphatic carbocycles. The first kappa shape index (κ1) is 19.9. The lowest BCUT2D eigenvalue weighted by molar-refractivity contribution is 0.476. The summed E-state index contributed by atoms with van der Waals surface area (Å²) in [5, 5.41) is 4.48. The number of hydrogen-bond acceptors (Lipinski definition) is 3. The molecule has 126 valence electrons. The maximum atomic E-state index is 4.55. The molecule has 0 fully saturated rings. The van der Waals surface area contributed by atoms with Crippen LogP contribution in [0.15, 0.2) is 29.3 Å². The maximum absolute atomic E-state index is 4.55. The van der Waals surface area contributed by atoms with Crippen LogP contribution in [0.5, 0.6) is 0 Å². The SMILES string of the molecule is CN=C(NCc1nc(C)c(C)s1)N(C)Cc1ccc(C)cc1.I. The fourth-order valence-electron chi connectivity index (χ4n) is 2.20. The molecule has 0 bridgehead atoms. The van der Waals surface area contributed by atoms with Gasteiger partial charge in [0.1, 0.15) is 5.01 Å². The molecule has 0 aliphatic heterocycles. The quantitative estimate of drug-likeness (QED) is 0.442. The Hall–Kier alpha value is -1.15. The van der Waals surface area contributed by atoms with E-state index in [9.17, 15) is 0 Å². The van der Waals surface area contributed by atoms with Crippen LogP contribution in [-0.4, -0.2) is 29.9 Å². The zero-order chi connectivity index (χ0) is 16.1.